The van der Waals surface area contributed by atoms with Gasteiger partial charge in [0.2, 0.25) is 0 Å². The first-order valence-corrected chi connectivity index (χ1v) is 6.73. The molecular formula is C16H14ClNO. The second-order valence-electron chi connectivity index (χ2n) is 4.78. The molecule has 3 heteroatoms. The van der Waals surface area contributed by atoms with Crippen molar-refractivity contribution in [2.45, 2.75) is 18.8 Å². The van der Waals surface area contributed by atoms with Crippen LogP contribution in [0.1, 0.15) is 35.4 Å². The van der Waals surface area contributed by atoms with E-state index in [1.165, 1.54) is 11.1 Å². The Bertz CT molecular complexity index is 622. The van der Waals surface area contributed by atoms with Crippen LogP contribution in [0.4, 0.5) is 0 Å². The number of halogens is 1. The van der Waals surface area contributed by atoms with Crippen LogP contribution >= 0.6 is 11.6 Å². The lowest BCUT2D eigenvalue weighted by Crippen LogP contribution is -2.17. The molecule has 0 bridgehead atoms. The molecule has 1 N–H and O–H groups in total. The lowest BCUT2D eigenvalue weighted by atomic mass is 9.78. The van der Waals surface area contributed by atoms with E-state index < -0.39 is 0 Å². The normalized spacial score (nSPS) is 20.3. The van der Waals surface area contributed by atoms with E-state index in [9.17, 15) is 0 Å². The fourth-order valence-electron chi connectivity index (χ4n) is 2.79. The number of rotatable bonds is 1. The maximum Gasteiger partial charge on any atom is 0.0871 e. The summed E-state index contributed by atoms with van der Waals surface area (Å²) in [6.07, 6.45) is 1.72. The highest BCUT2D eigenvalue weighted by Crippen LogP contribution is 2.37. The van der Waals surface area contributed by atoms with Gasteiger partial charge in [-0.2, -0.15) is 0 Å². The zero-order valence-corrected chi connectivity index (χ0v) is 11.1. The fraction of sp³-hybridized carbons (Fsp3) is 0.188. The van der Waals surface area contributed by atoms with Crippen molar-refractivity contribution in [1.29, 1.82) is 0 Å². The zero-order chi connectivity index (χ0) is 13.2. The molecule has 1 aliphatic rings. The van der Waals surface area contributed by atoms with E-state index in [-0.39, 0.29) is 0 Å². The predicted molar refractivity (Wildman–Crippen MR) is 77.3 cm³/mol. The molecule has 0 heterocycles. The molecule has 96 valence electrons. The van der Waals surface area contributed by atoms with Crippen LogP contribution in [0, 0.1) is 0 Å². The van der Waals surface area contributed by atoms with E-state index in [1.807, 2.05) is 24.3 Å². The van der Waals surface area contributed by atoms with E-state index in [2.05, 4.69) is 29.4 Å². The summed E-state index contributed by atoms with van der Waals surface area (Å²) in [5, 5.41) is 13.2. The molecule has 1 atom stereocenters. The molecule has 0 fully saturated rings. The van der Waals surface area contributed by atoms with Crippen LogP contribution < -0.4 is 0 Å². The molecule has 0 saturated heterocycles. The van der Waals surface area contributed by atoms with Gasteiger partial charge in [0.05, 0.1) is 5.71 Å². The Morgan fingerprint density at radius 1 is 1.11 bits per heavy atom. The molecule has 2 aromatic rings. The van der Waals surface area contributed by atoms with Crippen LogP contribution in [-0.4, -0.2) is 10.9 Å². The van der Waals surface area contributed by atoms with Gasteiger partial charge in [0.1, 0.15) is 0 Å². The smallest absolute Gasteiger partial charge is 0.0871 e. The Kier molecular flexibility index (Phi) is 3.26. The van der Waals surface area contributed by atoms with Gasteiger partial charge in [0.15, 0.2) is 0 Å². The highest BCUT2D eigenvalue weighted by molar-refractivity contribution is 6.31. The molecule has 0 radical (unpaired) electrons. The van der Waals surface area contributed by atoms with Crippen molar-refractivity contribution in [3.8, 4) is 0 Å². The van der Waals surface area contributed by atoms with Crippen LogP contribution in [0.3, 0.4) is 0 Å². The van der Waals surface area contributed by atoms with Crippen molar-refractivity contribution in [1.82, 2.24) is 0 Å². The van der Waals surface area contributed by atoms with E-state index in [0.717, 1.165) is 24.1 Å². The molecule has 2 nitrogen and oxygen atoms in total. The Morgan fingerprint density at radius 3 is 2.63 bits per heavy atom. The number of oxime groups is 1. The Labute approximate surface area is 117 Å². The van der Waals surface area contributed by atoms with Gasteiger partial charge in [-0.15, -0.1) is 0 Å². The van der Waals surface area contributed by atoms with Crippen molar-refractivity contribution in [2.24, 2.45) is 5.16 Å². The maximum absolute atomic E-state index is 9.13. The van der Waals surface area contributed by atoms with Gasteiger partial charge in [-0.1, -0.05) is 53.2 Å². The van der Waals surface area contributed by atoms with Gasteiger partial charge in [0.25, 0.3) is 0 Å². The van der Waals surface area contributed by atoms with Crippen LogP contribution in [0.15, 0.2) is 53.7 Å². The number of benzene rings is 2. The first-order valence-electron chi connectivity index (χ1n) is 6.35. The zero-order valence-electron chi connectivity index (χ0n) is 10.4. The maximum atomic E-state index is 9.13. The molecular weight excluding hydrogens is 258 g/mol. The van der Waals surface area contributed by atoms with Crippen molar-refractivity contribution < 1.29 is 5.21 Å². The second-order valence-corrected chi connectivity index (χ2v) is 5.22. The summed E-state index contributed by atoms with van der Waals surface area (Å²) >= 11 is 6.06. The van der Waals surface area contributed by atoms with Gasteiger partial charge in [0, 0.05) is 16.5 Å². The third kappa shape index (κ3) is 2.24. The van der Waals surface area contributed by atoms with Crippen molar-refractivity contribution >= 4 is 17.3 Å². The minimum Gasteiger partial charge on any atom is -0.411 e. The van der Waals surface area contributed by atoms with Crippen molar-refractivity contribution in [3.05, 3.63) is 70.2 Å². The first kappa shape index (κ1) is 12.2. The first-order chi connectivity index (χ1) is 9.29. The average Bonchev–Trinajstić information content (AvgIpc) is 2.47. The van der Waals surface area contributed by atoms with Crippen LogP contribution in [0.25, 0.3) is 0 Å². The van der Waals surface area contributed by atoms with Gasteiger partial charge >= 0.3 is 0 Å². The molecule has 3 rings (SSSR count). The summed E-state index contributed by atoms with van der Waals surface area (Å²) in [4.78, 5) is 0. The van der Waals surface area contributed by atoms with Crippen LogP contribution in [-0.2, 0) is 0 Å². The molecule has 1 aliphatic carbocycles. The minimum absolute atomic E-state index is 0.346. The van der Waals surface area contributed by atoms with E-state index in [4.69, 9.17) is 16.8 Å². The summed E-state index contributed by atoms with van der Waals surface area (Å²) in [7, 11) is 0. The van der Waals surface area contributed by atoms with E-state index >= 15 is 0 Å². The lowest BCUT2D eigenvalue weighted by Gasteiger charge is -2.26. The lowest BCUT2D eigenvalue weighted by molar-refractivity contribution is 0.317. The molecule has 0 spiro atoms. The molecule has 0 aliphatic heterocycles. The van der Waals surface area contributed by atoms with Gasteiger partial charge in [-0.25, -0.2) is 0 Å². The summed E-state index contributed by atoms with van der Waals surface area (Å²) in [6, 6.07) is 16.3. The van der Waals surface area contributed by atoms with Gasteiger partial charge in [-0.3, -0.25) is 0 Å². The summed E-state index contributed by atoms with van der Waals surface area (Å²) < 4.78 is 0. The predicted octanol–water partition coefficient (Wildman–Crippen LogP) is 4.44. The second kappa shape index (κ2) is 5.06. The number of hydrogen-bond donors (Lipinski definition) is 1. The highest BCUT2D eigenvalue weighted by Gasteiger charge is 2.25. The van der Waals surface area contributed by atoms with Crippen molar-refractivity contribution in [3.63, 3.8) is 0 Å². The Hall–Kier alpha value is -1.80. The molecule has 19 heavy (non-hydrogen) atoms. The van der Waals surface area contributed by atoms with Gasteiger partial charge < -0.3 is 5.21 Å². The standard InChI is InChI=1S/C16H14ClNO/c17-12-6-7-14-13(11-4-2-1-3-5-11)8-9-16(18-19)15(14)10-12/h1-7,10,13,19H,8-9H2/b18-16+. The molecule has 0 amide bonds. The largest absolute Gasteiger partial charge is 0.411 e. The third-order valence-corrected chi connectivity index (χ3v) is 3.93. The van der Waals surface area contributed by atoms with Gasteiger partial charge in [-0.05, 0) is 36.1 Å². The monoisotopic (exact) mass is 271 g/mol. The minimum atomic E-state index is 0.346. The SMILES string of the molecule is O/N=C1\CCC(c2ccccc2)c2ccc(Cl)cc21. The van der Waals surface area contributed by atoms with Crippen LogP contribution in [0.5, 0.6) is 0 Å². The van der Waals surface area contributed by atoms with Crippen LogP contribution in [0.2, 0.25) is 5.02 Å². The highest BCUT2D eigenvalue weighted by atomic mass is 35.5. The summed E-state index contributed by atoms with van der Waals surface area (Å²) in [5.41, 5.74) is 4.18. The Balaban J connectivity index is 2.12. The Morgan fingerprint density at radius 2 is 1.89 bits per heavy atom. The molecule has 1 unspecified atom stereocenters. The number of nitrogens with zero attached hydrogens (tertiary/aromatic N) is 1. The molecule has 0 saturated carbocycles. The molecule has 0 aromatic heterocycles. The van der Waals surface area contributed by atoms with Crippen molar-refractivity contribution in [2.75, 3.05) is 0 Å². The third-order valence-electron chi connectivity index (χ3n) is 3.69. The topological polar surface area (TPSA) is 32.6 Å². The number of hydrogen-bond acceptors (Lipinski definition) is 2. The summed E-state index contributed by atoms with van der Waals surface area (Å²) in [6.45, 7) is 0. The average molecular weight is 272 g/mol. The quantitative estimate of drug-likeness (QED) is 0.603. The van der Waals surface area contributed by atoms with E-state index in [0.29, 0.717) is 10.9 Å². The summed E-state index contributed by atoms with van der Waals surface area (Å²) in [5.74, 6) is 0.346. The number of fused-ring (bicyclic) bond motifs is 1. The molecule has 2 aromatic carbocycles. The van der Waals surface area contributed by atoms with E-state index in [1.54, 1.807) is 0 Å². The fourth-order valence-corrected chi connectivity index (χ4v) is 2.96.